The topological polar surface area (TPSA) is 65.0 Å². The Bertz CT molecular complexity index is 3860. The highest BCUT2D eigenvalue weighted by atomic mass is 16.3. The summed E-state index contributed by atoms with van der Waals surface area (Å²) in [5, 5.41) is 6.32. The van der Waals surface area contributed by atoms with E-state index < -0.39 is 0 Å². The molecule has 0 bridgehead atoms. The van der Waals surface area contributed by atoms with Gasteiger partial charge in [-0.25, -0.2) is 15.0 Å². The summed E-state index contributed by atoms with van der Waals surface area (Å²) in [5.41, 5.74) is 14.0. The lowest BCUT2D eigenvalue weighted by molar-refractivity contribution is 0.669. The molecule has 3 aromatic heterocycles. The van der Waals surface area contributed by atoms with E-state index in [4.69, 9.17) is 23.8 Å². The van der Waals surface area contributed by atoms with Crippen LogP contribution in [0.3, 0.4) is 0 Å². The predicted molar refractivity (Wildman–Crippen MR) is 270 cm³/mol. The van der Waals surface area contributed by atoms with Gasteiger partial charge >= 0.3 is 0 Å². The van der Waals surface area contributed by atoms with Crippen molar-refractivity contribution in [3.8, 4) is 78.7 Å². The molecule has 0 unspecified atom stereocenters. The molecule has 0 N–H and O–H groups in total. The van der Waals surface area contributed by atoms with Gasteiger partial charge in [-0.3, -0.25) is 0 Å². The molecule has 0 aliphatic rings. The van der Waals surface area contributed by atoms with E-state index in [2.05, 4.69) is 176 Å². The molecule has 10 aromatic carbocycles. The number of nitrogens with zero attached hydrogens (tertiary/aromatic N) is 3. The molecule has 0 amide bonds. The van der Waals surface area contributed by atoms with Gasteiger partial charge in [0.2, 0.25) is 0 Å². The number of aromatic nitrogens is 3. The first-order chi connectivity index (χ1) is 32.7. The van der Waals surface area contributed by atoms with Gasteiger partial charge in [0.15, 0.2) is 17.5 Å². The first kappa shape index (κ1) is 37.6. The fourth-order valence-corrected chi connectivity index (χ4v) is 9.73. The Morgan fingerprint density at radius 2 is 0.682 bits per heavy atom. The van der Waals surface area contributed by atoms with Crippen LogP contribution in [0.1, 0.15) is 0 Å². The second kappa shape index (κ2) is 15.4. The molecule has 0 saturated heterocycles. The molecule has 13 aromatic rings. The van der Waals surface area contributed by atoms with Crippen LogP contribution in [0.5, 0.6) is 0 Å². The Labute approximate surface area is 379 Å². The van der Waals surface area contributed by atoms with E-state index in [0.717, 1.165) is 105 Å². The van der Waals surface area contributed by atoms with E-state index in [1.165, 1.54) is 0 Å². The van der Waals surface area contributed by atoms with Gasteiger partial charge < -0.3 is 8.83 Å². The van der Waals surface area contributed by atoms with Gasteiger partial charge in [0.1, 0.15) is 22.3 Å². The van der Waals surface area contributed by atoms with Crippen LogP contribution in [0.2, 0.25) is 0 Å². The van der Waals surface area contributed by atoms with E-state index in [1.807, 2.05) is 48.5 Å². The Balaban J connectivity index is 1.19. The summed E-state index contributed by atoms with van der Waals surface area (Å²) in [5.74, 6) is 1.51. The fraction of sp³-hybridized carbons (Fsp3) is 0. The molecular weight excluding hydrogens is 807 g/mol. The van der Waals surface area contributed by atoms with Crippen LogP contribution in [0.4, 0.5) is 0 Å². The second-order valence-corrected chi connectivity index (χ2v) is 16.6. The van der Waals surface area contributed by atoms with Crippen LogP contribution in [-0.2, 0) is 0 Å². The Kier molecular flexibility index (Phi) is 8.78. The average molecular weight is 844 g/mol. The van der Waals surface area contributed by atoms with E-state index in [1.54, 1.807) is 0 Å². The minimum Gasteiger partial charge on any atom is -0.455 e. The molecule has 0 saturated carbocycles. The highest BCUT2D eigenvalue weighted by molar-refractivity contribution is 6.11. The zero-order chi connectivity index (χ0) is 43.6. The third kappa shape index (κ3) is 6.21. The molecule has 13 rings (SSSR count). The summed E-state index contributed by atoms with van der Waals surface area (Å²) in [6, 6.07) is 78.3. The van der Waals surface area contributed by atoms with Crippen molar-refractivity contribution in [1.29, 1.82) is 0 Å². The van der Waals surface area contributed by atoms with Crippen molar-refractivity contribution >= 4 is 54.6 Å². The average Bonchev–Trinajstić information content (AvgIpc) is 3.97. The van der Waals surface area contributed by atoms with Crippen LogP contribution in [-0.4, -0.2) is 15.0 Å². The normalized spacial score (nSPS) is 11.6. The van der Waals surface area contributed by atoms with Crippen molar-refractivity contribution in [2.45, 2.75) is 0 Å². The van der Waals surface area contributed by atoms with Crippen LogP contribution >= 0.6 is 0 Å². The van der Waals surface area contributed by atoms with Gasteiger partial charge in [-0.05, 0) is 91.7 Å². The van der Waals surface area contributed by atoms with Crippen LogP contribution in [0.25, 0.3) is 133 Å². The second-order valence-electron chi connectivity index (χ2n) is 16.6. The summed E-state index contributed by atoms with van der Waals surface area (Å²) in [6.45, 7) is 0. The Morgan fingerprint density at radius 3 is 1.32 bits per heavy atom. The molecule has 3 heterocycles. The van der Waals surface area contributed by atoms with Crippen LogP contribution in [0, 0.1) is 0 Å². The lowest BCUT2D eigenvalue weighted by Crippen LogP contribution is -2.03. The van der Waals surface area contributed by atoms with Crippen molar-refractivity contribution in [3.63, 3.8) is 0 Å². The number of para-hydroxylation sites is 4. The lowest BCUT2D eigenvalue weighted by atomic mass is 9.84. The molecule has 308 valence electrons. The standard InChI is InChI=1S/C61H37N3O2/c1-3-18-38(19-4-1)41-36-52(44-26-10-9-25-42(44)39-20-5-2-6-21-39)56(53(37-41)45-29-15-23-40-22-7-8-24-43(40)45)61-63-59(50-32-16-30-48-46-27-11-13-34-54(46)65-57(48)50)62-60(64-61)51-33-17-31-49-47-28-12-14-35-55(47)66-58(49)51/h1-37H. The van der Waals surface area contributed by atoms with E-state index >= 15 is 0 Å². The molecule has 0 fully saturated rings. The quantitative estimate of drug-likeness (QED) is 0.160. The number of rotatable bonds is 7. The zero-order valence-corrected chi connectivity index (χ0v) is 35.5. The summed E-state index contributed by atoms with van der Waals surface area (Å²) in [6.07, 6.45) is 0. The highest BCUT2D eigenvalue weighted by Crippen LogP contribution is 2.48. The highest BCUT2D eigenvalue weighted by Gasteiger charge is 2.26. The van der Waals surface area contributed by atoms with Crippen molar-refractivity contribution in [2.24, 2.45) is 0 Å². The summed E-state index contributed by atoms with van der Waals surface area (Å²) < 4.78 is 13.4. The van der Waals surface area contributed by atoms with Crippen molar-refractivity contribution in [1.82, 2.24) is 15.0 Å². The van der Waals surface area contributed by atoms with Crippen LogP contribution in [0.15, 0.2) is 233 Å². The van der Waals surface area contributed by atoms with E-state index in [9.17, 15) is 0 Å². The van der Waals surface area contributed by atoms with Gasteiger partial charge in [-0.1, -0.05) is 188 Å². The number of fused-ring (bicyclic) bond motifs is 7. The first-order valence-electron chi connectivity index (χ1n) is 22.2. The predicted octanol–water partition coefficient (Wildman–Crippen LogP) is 16.5. The number of benzene rings is 10. The van der Waals surface area contributed by atoms with Crippen molar-refractivity contribution in [3.05, 3.63) is 224 Å². The molecule has 5 heteroatoms. The monoisotopic (exact) mass is 843 g/mol. The SMILES string of the molecule is c1ccc(-c2cc(-c3ccccc3-c3ccccc3)c(-c3nc(-c4cccc5c4oc4ccccc45)nc(-c4cccc5c4oc4ccccc45)n3)c(-c3cccc4ccccc34)c2)cc1. The summed E-state index contributed by atoms with van der Waals surface area (Å²) in [4.78, 5) is 16.6. The van der Waals surface area contributed by atoms with Gasteiger partial charge in [0, 0.05) is 27.1 Å². The van der Waals surface area contributed by atoms with Crippen LogP contribution < -0.4 is 0 Å². The molecule has 0 spiro atoms. The minimum absolute atomic E-state index is 0.492. The lowest BCUT2D eigenvalue weighted by Gasteiger charge is -2.21. The molecule has 0 radical (unpaired) electrons. The third-order valence-electron chi connectivity index (χ3n) is 12.8. The van der Waals surface area contributed by atoms with Gasteiger partial charge in [0.05, 0.1) is 11.1 Å². The molecule has 0 aliphatic heterocycles. The molecule has 0 atom stereocenters. The maximum absolute atomic E-state index is 6.68. The maximum Gasteiger partial charge on any atom is 0.167 e. The summed E-state index contributed by atoms with van der Waals surface area (Å²) in [7, 11) is 0. The maximum atomic E-state index is 6.68. The van der Waals surface area contributed by atoms with Gasteiger partial charge in [-0.2, -0.15) is 0 Å². The Morgan fingerprint density at radius 1 is 0.258 bits per heavy atom. The number of furan rings is 2. The molecular formula is C61H37N3O2. The number of hydrogen-bond donors (Lipinski definition) is 0. The smallest absolute Gasteiger partial charge is 0.167 e. The molecule has 0 aliphatic carbocycles. The van der Waals surface area contributed by atoms with Crippen molar-refractivity contribution < 1.29 is 8.83 Å². The van der Waals surface area contributed by atoms with Gasteiger partial charge in [0.25, 0.3) is 0 Å². The third-order valence-corrected chi connectivity index (χ3v) is 12.8. The molecule has 66 heavy (non-hydrogen) atoms. The Hall–Kier alpha value is -8.93. The van der Waals surface area contributed by atoms with Crippen molar-refractivity contribution in [2.75, 3.05) is 0 Å². The zero-order valence-electron chi connectivity index (χ0n) is 35.5. The van der Waals surface area contributed by atoms with E-state index in [0.29, 0.717) is 28.6 Å². The first-order valence-corrected chi connectivity index (χ1v) is 22.2. The number of hydrogen-bond acceptors (Lipinski definition) is 5. The summed E-state index contributed by atoms with van der Waals surface area (Å²) >= 11 is 0. The van der Waals surface area contributed by atoms with Gasteiger partial charge in [-0.15, -0.1) is 0 Å². The molecule has 5 nitrogen and oxygen atoms in total. The minimum atomic E-state index is 0.492. The largest absolute Gasteiger partial charge is 0.455 e. The fourth-order valence-electron chi connectivity index (χ4n) is 9.73. The van der Waals surface area contributed by atoms with E-state index in [-0.39, 0.29) is 0 Å².